The summed E-state index contributed by atoms with van der Waals surface area (Å²) in [7, 11) is 1.22. The first-order valence-corrected chi connectivity index (χ1v) is 7.23. The molecule has 3 rings (SSSR count). The number of hydrogen-bond acceptors (Lipinski definition) is 4. The average molecular weight is 354 g/mol. The number of carbonyl (C=O) groups excluding carboxylic acids is 1. The lowest BCUT2D eigenvalue weighted by Crippen LogP contribution is -2.08. The number of aromatic amines is 1. The van der Waals surface area contributed by atoms with Gasteiger partial charge in [-0.1, -0.05) is 23.2 Å². The van der Waals surface area contributed by atoms with Gasteiger partial charge >= 0.3 is 5.97 Å². The van der Waals surface area contributed by atoms with Crippen molar-refractivity contribution in [1.82, 2.24) is 9.97 Å². The maximum atomic E-state index is 14.7. The molecule has 1 aromatic heterocycles. The Bertz CT molecular complexity index is 911. The minimum absolute atomic E-state index is 0.0211. The van der Waals surface area contributed by atoms with Crippen molar-refractivity contribution in [3.05, 3.63) is 52.0 Å². The molecule has 0 atom stereocenters. The minimum Gasteiger partial charge on any atom is -0.465 e. The van der Waals surface area contributed by atoms with Crippen LogP contribution in [0.4, 0.5) is 15.8 Å². The molecule has 0 unspecified atom stereocenters. The number of hydrogen-bond donors (Lipinski definition) is 2. The van der Waals surface area contributed by atoms with Crippen LogP contribution < -0.4 is 5.32 Å². The van der Waals surface area contributed by atoms with Gasteiger partial charge in [0, 0.05) is 5.02 Å². The molecule has 0 aliphatic heterocycles. The molecule has 0 amide bonds. The molecule has 0 saturated heterocycles. The number of fused-ring (bicyclic) bond motifs is 1. The van der Waals surface area contributed by atoms with Gasteiger partial charge in [0.25, 0.3) is 0 Å². The van der Waals surface area contributed by atoms with Crippen molar-refractivity contribution in [2.45, 2.75) is 0 Å². The van der Waals surface area contributed by atoms with Crippen LogP contribution in [0.1, 0.15) is 10.4 Å². The number of H-pyrrole nitrogens is 1. The number of imidazole rings is 1. The highest BCUT2D eigenvalue weighted by Crippen LogP contribution is 2.33. The number of ether oxygens (including phenoxy) is 1. The smallest absolute Gasteiger partial charge is 0.340 e. The molecule has 23 heavy (non-hydrogen) atoms. The first-order chi connectivity index (χ1) is 11.0. The zero-order valence-corrected chi connectivity index (χ0v) is 13.3. The molecule has 0 bridgehead atoms. The van der Waals surface area contributed by atoms with Crippen molar-refractivity contribution in [2.24, 2.45) is 0 Å². The lowest BCUT2D eigenvalue weighted by atomic mass is 10.1. The van der Waals surface area contributed by atoms with Crippen molar-refractivity contribution < 1.29 is 13.9 Å². The molecule has 0 fully saturated rings. The number of nitrogens with zero attached hydrogens (tertiary/aromatic N) is 1. The van der Waals surface area contributed by atoms with Crippen LogP contribution >= 0.6 is 23.2 Å². The third kappa shape index (κ3) is 2.83. The Morgan fingerprint density at radius 3 is 2.83 bits per heavy atom. The molecular formula is C15H10Cl2FN3O2. The molecule has 3 aromatic rings. The van der Waals surface area contributed by atoms with E-state index in [1.807, 2.05) is 0 Å². The molecule has 2 aromatic carbocycles. The van der Waals surface area contributed by atoms with E-state index < -0.39 is 11.8 Å². The van der Waals surface area contributed by atoms with E-state index in [0.29, 0.717) is 16.2 Å². The van der Waals surface area contributed by atoms with E-state index in [2.05, 4.69) is 15.3 Å². The van der Waals surface area contributed by atoms with Gasteiger partial charge in [0.15, 0.2) is 5.82 Å². The molecule has 0 aliphatic carbocycles. The standard InChI is InChI=1S/C15H10Cl2FN3O2/c1-23-15(22)8-5-11-14(20-6-19-11)12(18)13(8)21-10-3-2-7(16)4-9(10)17/h2-6,21H,1H3,(H,19,20). The summed E-state index contributed by atoms with van der Waals surface area (Å²) >= 11 is 11.9. The van der Waals surface area contributed by atoms with Crippen LogP contribution in [0.15, 0.2) is 30.6 Å². The van der Waals surface area contributed by atoms with Gasteiger partial charge in [0.1, 0.15) is 5.52 Å². The van der Waals surface area contributed by atoms with E-state index in [1.54, 1.807) is 12.1 Å². The van der Waals surface area contributed by atoms with Crippen molar-refractivity contribution >= 4 is 51.6 Å². The van der Waals surface area contributed by atoms with Crippen LogP contribution in [0.25, 0.3) is 11.0 Å². The molecule has 0 aliphatic rings. The van der Waals surface area contributed by atoms with Crippen LogP contribution in [0.3, 0.4) is 0 Å². The Labute approximate surface area is 140 Å². The second-order valence-corrected chi connectivity index (χ2v) is 5.50. The molecule has 0 spiro atoms. The fourth-order valence-electron chi connectivity index (χ4n) is 2.16. The number of nitrogens with one attached hydrogen (secondary N) is 2. The van der Waals surface area contributed by atoms with Crippen molar-refractivity contribution in [3.63, 3.8) is 0 Å². The van der Waals surface area contributed by atoms with E-state index in [9.17, 15) is 9.18 Å². The monoisotopic (exact) mass is 353 g/mol. The SMILES string of the molecule is COC(=O)c1cc2[nH]cnc2c(F)c1Nc1ccc(Cl)cc1Cl. The van der Waals surface area contributed by atoms with Gasteiger partial charge in [-0.25, -0.2) is 14.2 Å². The third-order valence-corrected chi connectivity index (χ3v) is 3.80. The Kier molecular flexibility index (Phi) is 4.11. The third-order valence-electron chi connectivity index (χ3n) is 3.25. The topological polar surface area (TPSA) is 67.0 Å². The van der Waals surface area contributed by atoms with Crippen LogP contribution in [-0.4, -0.2) is 23.0 Å². The summed E-state index contributed by atoms with van der Waals surface area (Å²) in [5, 5.41) is 3.54. The number of rotatable bonds is 3. The molecule has 2 N–H and O–H groups in total. The Morgan fingerprint density at radius 1 is 1.35 bits per heavy atom. The highest BCUT2D eigenvalue weighted by atomic mass is 35.5. The first-order valence-electron chi connectivity index (χ1n) is 6.47. The quantitative estimate of drug-likeness (QED) is 0.678. The fraction of sp³-hybridized carbons (Fsp3) is 0.0667. The van der Waals surface area contributed by atoms with Crippen LogP contribution in [-0.2, 0) is 4.74 Å². The lowest BCUT2D eigenvalue weighted by molar-refractivity contribution is 0.0601. The average Bonchev–Trinajstić information content (AvgIpc) is 3.00. The summed E-state index contributed by atoms with van der Waals surface area (Å²) in [5.74, 6) is -1.37. The van der Waals surface area contributed by atoms with Gasteiger partial charge in [-0.2, -0.15) is 0 Å². The number of methoxy groups -OCH3 is 1. The van der Waals surface area contributed by atoms with Gasteiger partial charge in [-0.05, 0) is 24.3 Å². The summed E-state index contributed by atoms with van der Waals surface area (Å²) in [5.41, 5.74) is 0.837. The van der Waals surface area contributed by atoms with E-state index in [1.165, 1.54) is 25.6 Å². The van der Waals surface area contributed by atoms with E-state index >= 15 is 0 Å². The predicted molar refractivity (Wildman–Crippen MR) is 87.1 cm³/mol. The van der Waals surface area contributed by atoms with Crippen molar-refractivity contribution in [3.8, 4) is 0 Å². The second-order valence-electron chi connectivity index (χ2n) is 4.65. The largest absolute Gasteiger partial charge is 0.465 e. The summed E-state index contributed by atoms with van der Waals surface area (Å²) in [6.45, 7) is 0. The summed E-state index contributed by atoms with van der Waals surface area (Å²) in [6.07, 6.45) is 1.34. The Morgan fingerprint density at radius 2 is 2.13 bits per heavy atom. The summed E-state index contributed by atoms with van der Waals surface area (Å²) in [4.78, 5) is 18.6. The highest BCUT2D eigenvalue weighted by molar-refractivity contribution is 6.36. The van der Waals surface area contributed by atoms with Gasteiger partial charge in [0.2, 0.25) is 0 Å². The lowest BCUT2D eigenvalue weighted by Gasteiger charge is -2.13. The van der Waals surface area contributed by atoms with E-state index in [-0.39, 0.29) is 21.8 Å². The number of carbonyl (C=O) groups is 1. The molecule has 0 radical (unpaired) electrons. The van der Waals surface area contributed by atoms with Gasteiger partial charge in [0.05, 0.1) is 40.9 Å². The van der Waals surface area contributed by atoms with Gasteiger partial charge < -0.3 is 15.0 Å². The zero-order valence-electron chi connectivity index (χ0n) is 11.8. The second kappa shape index (κ2) is 6.06. The summed E-state index contributed by atoms with van der Waals surface area (Å²) in [6, 6.07) is 6.15. The number of benzene rings is 2. The molecule has 118 valence electrons. The maximum Gasteiger partial charge on any atom is 0.340 e. The van der Waals surface area contributed by atoms with Crippen molar-refractivity contribution in [1.29, 1.82) is 0 Å². The van der Waals surface area contributed by atoms with Crippen LogP contribution in [0.2, 0.25) is 10.0 Å². The molecule has 8 heteroatoms. The number of esters is 1. The molecule has 0 saturated carbocycles. The van der Waals surface area contributed by atoms with E-state index in [4.69, 9.17) is 27.9 Å². The van der Waals surface area contributed by atoms with E-state index in [0.717, 1.165) is 0 Å². The van der Waals surface area contributed by atoms with Gasteiger partial charge in [-0.15, -0.1) is 0 Å². The maximum absolute atomic E-state index is 14.7. The minimum atomic E-state index is -0.687. The van der Waals surface area contributed by atoms with Gasteiger partial charge in [-0.3, -0.25) is 0 Å². The Balaban J connectivity index is 2.17. The number of aromatic nitrogens is 2. The number of halogens is 3. The van der Waals surface area contributed by atoms with Crippen LogP contribution in [0, 0.1) is 5.82 Å². The highest BCUT2D eigenvalue weighted by Gasteiger charge is 2.21. The number of anilines is 2. The Hall–Kier alpha value is -2.31. The van der Waals surface area contributed by atoms with Crippen molar-refractivity contribution in [2.75, 3.05) is 12.4 Å². The fourth-order valence-corrected chi connectivity index (χ4v) is 2.62. The predicted octanol–water partition coefficient (Wildman–Crippen LogP) is 4.54. The first kappa shape index (κ1) is 15.6. The molecule has 1 heterocycles. The molecular weight excluding hydrogens is 344 g/mol. The zero-order chi connectivity index (χ0) is 16.6. The summed E-state index contributed by atoms with van der Waals surface area (Å²) < 4.78 is 19.4. The van der Waals surface area contributed by atoms with Crippen LogP contribution in [0.5, 0.6) is 0 Å². The normalized spacial score (nSPS) is 10.8. The molecule has 5 nitrogen and oxygen atoms in total.